The van der Waals surface area contributed by atoms with Gasteiger partial charge in [-0.15, -0.1) is 0 Å². The van der Waals surface area contributed by atoms with E-state index in [1.807, 2.05) is 0 Å². The first-order valence-corrected chi connectivity index (χ1v) is 6.24. The fraction of sp³-hybridized carbons (Fsp3) is 1.00. The third-order valence-electron chi connectivity index (χ3n) is 4.41. The first-order valence-electron chi connectivity index (χ1n) is 6.24. The summed E-state index contributed by atoms with van der Waals surface area (Å²) in [5.41, 5.74) is 5.78. The summed E-state index contributed by atoms with van der Waals surface area (Å²) in [5.74, 6) is 1.58. The highest BCUT2D eigenvalue weighted by Crippen LogP contribution is 2.35. The van der Waals surface area contributed by atoms with Crippen LogP contribution in [0.15, 0.2) is 0 Å². The second-order valence-electron chi connectivity index (χ2n) is 5.60. The summed E-state index contributed by atoms with van der Waals surface area (Å²) in [4.78, 5) is 5.05. The van der Waals surface area contributed by atoms with Crippen molar-refractivity contribution in [1.82, 2.24) is 9.80 Å². The maximum atomic E-state index is 5.78. The molecule has 1 aliphatic carbocycles. The van der Waals surface area contributed by atoms with E-state index in [0.717, 1.165) is 30.5 Å². The van der Waals surface area contributed by atoms with Gasteiger partial charge in [-0.1, -0.05) is 6.92 Å². The van der Waals surface area contributed by atoms with E-state index in [0.29, 0.717) is 0 Å². The van der Waals surface area contributed by atoms with Gasteiger partial charge in [0.05, 0.1) is 0 Å². The lowest BCUT2D eigenvalue weighted by atomic mass is 9.78. The zero-order chi connectivity index (χ0) is 11.0. The smallest absolute Gasteiger partial charge is 0.0254 e. The van der Waals surface area contributed by atoms with Crippen molar-refractivity contribution in [3.05, 3.63) is 0 Å². The Bertz CT molecular complexity index is 215. The molecule has 1 aliphatic heterocycles. The normalized spacial score (nSPS) is 42.2. The maximum absolute atomic E-state index is 5.78. The highest BCUT2D eigenvalue weighted by molar-refractivity contribution is 4.96. The third-order valence-corrected chi connectivity index (χ3v) is 4.41. The van der Waals surface area contributed by atoms with Gasteiger partial charge in [0.1, 0.15) is 0 Å². The van der Waals surface area contributed by atoms with Gasteiger partial charge in [-0.25, -0.2) is 0 Å². The van der Waals surface area contributed by atoms with Crippen LogP contribution < -0.4 is 5.73 Å². The number of hydrogen-bond acceptors (Lipinski definition) is 3. The number of likely N-dealkylation sites (tertiary alicyclic amines) is 1. The van der Waals surface area contributed by atoms with Crippen LogP contribution >= 0.6 is 0 Å². The van der Waals surface area contributed by atoms with Crippen LogP contribution in [0.1, 0.15) is 19.8 Å². The monoisotopic (exact) mass is 211 g/mol. The van der Waals surface area contributed by atoms with E-state index in [2.05, 4.69) is 30.8 Å². The van der Waals surface area contributed by atoms with Crippen molar-refractivity contribution < 1.29 is 0 Å². The van der Waals surface area contributed by atoms with Gasteiger partial charge < -0.3 is 10.6 Å². The Morgan fingerprint density at radius 3 is 2.40 bits per heavy atom. The van der Waals surface area contributed by atoms with Gasteiger partial charge in [-0.05, 0) is 45.3 Å². The molecule has 0 aromatic heterocycles. The van der Waals surface area contributed by atoms with Crippen LogP contribution in [0, 0.1) is 11.8 Å². The topological polar surface area (TPSA) is 32.5 Å². The second-order valence-corrected chi connectivity index (χ2v) is 5.60. The molecule has 1 saturated heterocycles. The largest absolute Gasteiger partial charge is 0.330 e. The van der Waals surface area contributed by atoms with Gasteiger partial charge in [0.15, 0.2) is 0 Å². The summed E-state index contributed by atoms with van der Waals surface area (Å²) in [6.07, 6.45) is 2.72. The summed E-state index contributed by atoms with van der Waals surface area (Å²) in [6, 6.07) is 1.53. The van der Waals surface area contributed by atoms with Crippen molar-refractivity contribution in [2.45, 2.75) is 31.8 Å². The Kier molecular flexibility index (Phi) is 3.33. The molecule has 0 bridgehead atoms. The highest BCUT2D eigenvalue weighted by atomic mass is 15.3. The van der Waals surface area contributed by atoms with Gasteiger partial charge in [-0.2, -0.15) is 0 Å². The first kappa shape index (κ1) is 11.4. The van der Waals surface area contributed by atoms with Crippen molar-refractivity contribution in [2.24, 2.45) is 17.6 Å². The number of likely N-dealkylation sites (N-methyl/N-ethyl adjacent to an activating group) is 1. The van der Waals surface area contributed by atoms with Crippen molar-refractivity contribution in [1.29, 1.82) is 0 Å². The number of rotatable bonds is 3. The Balaban J connectivity index is 1.91. The summed E-state index contributed by atoms with van der Waals surface area (Å²) in [7, 11) is 4.40. The predicted octanol–water partition coefficient (Wildman–Crippen LogP) is 0.606. The molecule has 88 valence electrons. The molecule has 2 fully saturated rings. The maximum Gasteiger partial charge on any atom is 0.0254 e. The molecule has 2 rings (SSSR count). The fourth-order valence-corrected chi connectivity index (χ4v) is 3.24. The second kappa shape index (κ2) is 4.40. The Morgan fingerprint density at radius 1 is 1.27 bits per heavy atom. The summed E-state index contributed by atoms with van der Waals surface area (Å²) in [5, 5.41) is 0. The Morgan fingerprint density at radius 2 is 2.00 bits per heavy atom. The van der Waals surface area contributed by atoms with Crippen LogP contribution in [0.25, 0.3) is 0 Å². The molecule has 4 atom stereocenters. The van der Waals surface area contributed by atoms with E-state index >= 15 is 0 Å². The molecule has 0 radical (unpaired) electrons. The first-order chi connectivity index (χ1) is 7.13. The summed E-state index contributed by atoms with van der Waals surface area (Å²) >= 11 is 0. The quantitative estimate of drug-likeness (QED) is 0.742. The zero-order valence-electron chi connectivity index (χ0n) is 10.3. The fourth-order valence-electron chi connectivity index (χ4n) is 3.24. The third kappa shape index (κ3) is 2.05. The Labute approximate surface area is 93.6 Å². The minimum Gasteiger partial charge on any atom is -0.330 e. The molecule has 0 aromatic carbocycles. The van der Waals surface area contributed by atoms with Crippen molar-refractivity contribution >= 4 is 0 Å². The standard InChI is InChI=1S/C12H25N3/c1-9-7-15(8-12(9)14(2)3)11-5-4-10(11)6-13/h9-12H,4-8,13H2,1-3H3. The number of nitrogens with two attached hydrogens (primary N) is 1. The van der Waals surface area contributed by atoms with Crippen LogP contribution in [0.2, 0.25) is 0 Å². The number of hydrogen-bond donors (Lipinski definition) is 1. The SMILES string of the molecule is CC1CN(C2CCC2CN)CC1N(C)C. The summed E-state index contributed by atoms with van der Waals surface area (Å²) < 4.78 is 0. The van der Waals surface area contributed by atoms with Gasteiger partial charge >= 0.3 is 0 Å². The molecule has 1 saturated carbocycles. The van der Waals surface area contributed by atoms with E-state index in [9.17, 15) is 0 Å². The van der Waals surface area contributed by atoms with Crippen molar-refractivity contribution in [3.63, 3.8) is 0 Å². The van der Waals surface area contributed by atoms with Crippen LogP contribution in [-0.2, 0) is 0 Å². The number of nitrogens with zero attached hydrogens (tertiary/aromatic N) is 2. The van der Waals surface area contributed by atoms with Crippen LogP contribution in [-0.4, -0.2) is 55.6 Å². The lowest BCUT2D eigenvalue weighted by Gasteiger charge is -2.42. The molecule has 0 amide bonds. The Hall–Kier alpha value is -0.120. The molecule has 2 aliphatic rings. The lowest BCUT2D eigenvalue weighted by molar-refractivity contribution is 0.0812. The molecule has 3 heteroatoms. The van der Waals surface area contributed by atoms with E-state index in [1.54, 1.807) is 0 Å². The van der Waals surface area contributed by atoms with Crippen LogP contribution in [0.5, 0.6) is 0 Å². The van der Waals surface area contributed by atoms with Crippen molar-refractivity contribution in [2.75, 3.05) is 33.7 Å². The van der Waals surface area contributed by atoms with Gasteiger partial charge in [0.25, 0.3) is 0 Å². The molecule has 2 N–H and O–H groups in total. The van der Waals surface area contributed by atoms with E-state index in [1.165, 1.54) is 25.9 Å². The zero-order valence-corrected chi connectivity index (χ0v) is 10.3. The molecule has 0 aromatic rings. The van der Waals surface area contributed by atoms with Gasteiger partial charge in [0.2, 0.25) is 0 Å². The van der Waals surface area contributed by atoms with E-state index in [-0.39, 0.29) is 0 Å². The molecule has 15 heavy (non-hydrogen) atoms. The average Bonchev–Trinajstić information content (AvgIpc) is 2.46. The van der Waals surface area contributed by atoms with Crippen LogP contribution in [0.4, 0.5) is 0 Å². The van der Waals surface area contributed by atoms with Gasteiger partial charge in [0, 0.05) is 25.2 Å². The highest BCUT2D eigenvalue weighted by Gasteiger charge is 2.40. The van der Waals surface area contributed by atoms with Gasteiger partial charge in [-0.3, -0.25) is 4.90 Å². The minimum atomic E-state index is 0.740. The van der Waals surface area contributed by atoms with E-state index in [4.69, 9.17) is 5.73 Å². The summed E-state index contributed by atoms with van der Waals surface area (Å²) in [6.45, 7) is 5.77. The average molecular weight is 211 g/mol. The van der Waals surface area contributed by atoms with Crippen molar-refractivity contribution in [3.8, 4) is 0 Å². The molecular formula is C12H25N3. The minimum absolute atomic E-state index is 0.740. The molecule has 1 heterocycles. The molecule has 3 nitrogen and oxygen atoms in total. The molecule has 4 unspecified atom stereocenters. The molecular weight excluding hydrogens is 186 g/mol. The molecule has 0 spiro atoms. The van der Waals surface area contributed by atoms with E-state index < -0.39 is 0 Å². The lowest BCUT2D eigenvalue weighted by Crippen LogP contribution is -2.49. The van der Waals surface area contributed by atoms with Crippen LogP contribution in [0.3, 0.4) is 0 Å². The predicted molar refractivity (Wildman–Crippen MR) is 63.8 cm³/mol.